The van der Waals surface area contributed by atoms with Gasteiger partial charge in [-0.15, -0.1) is 0 Å². The molecule has 1 heterocycles. The summed E-state index contributed by atoms with van der Waals surface area (Å²) in [5.74, 6) is -0.790. The third-order valence-corrected chi connectivity index (χ3v) is 7.21. The van der Waals surface area contributed by atoms with Crippen LogP contribution in [0.5, 0.6) is 0 Å². The molecule has 3 aromatic carbocycles. The number of nitrogens with one attached hydrogen (secondary N) is 1. The van der Waals surface area contributed by atoms with Gasteiger partial charge in [0.05, 0.1) is 0 Å². The minimum atomic E-state index is -0.883. The van der Waals surface area contributed by atoms with Crippen LogP contribution in [0.25, 0.3) is 11.3 Å². The number of carbonyl (C=O) groups excluding carboxylic acids is 1. The Morgan fingerprint density at radius 1 is 0.892 bits per heavy atom. The Bertz CT molecular complexity index is 1260. The molecule has 4 aromatic rings. The smallest absolute Gasteiger partial charge is 0.323 e. The maximum atomic E-state index is 13.3. The number of nitrogens with zero attached hydrogens (tertiary/aromatic N) is 2. The highest BCUT2D eigenvalue weighted by molar-refractivity contribution is 7.20. The first kappa shape index (κ1) is 26.4. The van der Waals surface area contributed by atoms with E-state index in [0.717, 1.165) is 5.56 Å². The number of hydrogen-bond acceptors (Lipinski definition) is 4. The number of benzene rings is 3. The van der Waals surface area contributed by atoms with Crippen LogP contribution in [-0.4, -0.2) is 40.1 Å². The molecule has 0 saturated carbocycles. The number of amides is 2. The number of aromatic nitrogens is 1. The van der Waals surface area contributed by atoms with Gasteiger partial charge in [0, 0.05) is 31.0 Å². The van der Waals surface area contributed by atoms with Gasteiger partial charge in [-0.1, -0.05) is 114 Å². The van der Waals surface area contributed by atoms with Gasteiger partial charge >= 0.3 is 12.0 Å². The van der Waals surface area contributed by atoms with Crippen LogP contribution in [0.15, 0.2) is 91.0 Å². The lowest BCUT2D eigenvalue weighted by Crippen LogP contribution is -2.37. The summed E-state index contributed by atoms with van der Waals surface area (Å²) in [7, 11) is 0. The van der Waals surface area contributed by atoms with Gasteiger partial charge in [0.2, 0.25) is 0 Å². The number of anilines is 1. The zero-order valence-corrected chi connectivity index (χ0v) is 21.8. The molecule has 0 spiro atoms. The van der Waals surface area contributed by atoms with Crippen LogP contribution in [0, 0.1) is 0 Å². The second kappa shape index (κ2) is 13.0. The van der Waals surface area contributed by atoms with Crippen LogP contribution in [-0.2, 0) is 4.79 Å². The topological polar surface area (TPSA) is 82.5 Å². The minimum absolute atomic E-state index is 0.00812. The molecular formula is C29H28ClN3O3S. The zero-order chi connectivity index (χ0) is 26.0. The average molecular weight is 534 g/mol. The Hall–Kier alpha value is -3.68. The van der Waals surface area contributed by atoms with Gasteiger partial charge in [0.1, 0.15) is 10.0 Å². The number of hydrogen-bond donors (Lipinski definition) is 2. The number of thiazole rings is 1. The zero-order valence-electron chi connectivity index (χ0n) is 20.2. The Balaban J connectivity index is 1.51. The van der Waals surface area contributed by atoms with Crippen molar-refractivity contribution in [3.05, 3.63) is 106 Å². The maximum Gasteiger partial charge on any atom is 0.323 e. The summed E-state index contributed by atoms with van der Waals surface area (Å²) in [6.45, 7) is 0.767. The standard InChI is InChI=1S/C29H28ClN3O3S/c30-27-26(23-15-8-3-9-16-23)31-28(37-27)32-29(36)33(19-10-17-25(34)35)20-18-24(21-11-4-1-5-12-21)22-13-6-2-7-14-22/h1-9,11-16,24H,10,17-20H2,(H,34,35)(H,31,32,36). The quantitative estimate of drug-likeness (QED) is 0.210. The van der Waals surface area contributed by atoms with Gasteiger partial charge in [0.15, 0.2) is 5.13 Å². The lowest BCUT2D eigenvalue weighted by molar-refractivity contribution is -0.137. The molecule has 2 amide bonds. The molecule has 2 N–H and O–H groups in total. The molecule has 0 aliphatic heterocycles. The van der Waals surface area contributed by atoms with Crippen LogP contribution < -0.4 is 5.32 Å². The SMILES string of the molecule is O=C(O)CCCN(CCC(c1ccccc1)c1ccccc1)C(=O)Nc1nc(-c2ccccc2)c(Cl)s1. The monoisotopic (exact) mass is 533 g/mol. The highest BCUT2D eigenvalue weighted by Crippen LogP contribution is 2.35. The molecule has 0 aliphatic rings. The van der Waals surface area contributed by atoms with Crippen LogP contribution in [0.2, 0.25) is 4.34 Å². The highest BCUT2D eigenvalue weighted by atomic mass is 35.5. The fourth-order valence-corrected chi connectivity index (χ4v) is 5.29. The summed E-state index contributed by atoms with van der Waals surface area (Å²) in [5.41, 5.74) is 3.82. The summed E-state index contributed by atoms with van der Waals surface area (Å²) in [6.07, 6.45) is 1.03. The van der Waals surface area contributed by atoms with Crippen LogP contribution in [0.3, 0.4) is 0 Å². The molecule has 4 rings (SSSR count). The van der Waals surface area contributed by atoms with Gasteiger partial charge in [-0.25, -0.2) is 9.78 Å². The average Bonchev–Trinajstić information content (AvgIpc) is 3.29. The van der Waals surface area contributed by atoms with Crippen LogP contribution in [0.4, 0.5) is 9.93 Å². The van der Waals surface area contributed by atoms with E-state index < -0.39 is 5.97 Å². The van der Waals surface area contributed by atoms with Crippen LogP contribution >= 0.6 is 22.9 Å². The molecule has 1 aromatic heterocycles. The molecule has 0 bridgehead atoms. The van der Waals surface area contributed by atoms with Crippen molar-refractivity contribution < 1.29 is 14.7 Å². The van der Waals surface area contributed by atoms with E-state index in [1.54, 1.807) is 4.90 Å². The lowest BCUT2D eigenvalue weighted by atomic mass is 9.88. The summed E-state index contributed by atoms with van der Waals surface area (Å²) in [6, 6.07) is 29.6. The third kappa shape index (κ3) is 7.41. The van der Waals surface area contributed by atoms with Gasteiger partial charge in [-0.3, -0.25) is 10.1 Å². The number of aliphatic carboxylic acids is 1. The molecule has 0 unspecified atom stereocenters. The minimum Gasteiger partial charge on any atom is -0.481 e. The first-order valence-electron chi connectivity index (χ1n) is 12.1. The van der Waals surface area contributed by atoms with E-state index >= 15 is 0 Å². The van der Waals surface area contributed by atoms with E-state index in [9.17, 15) is 9.59 Å². The largest absolute Gasteiger partial charge is 0.481 e. The lowest BCUT2D eigenvalue weighted by Gasteiger charge is -2.26. The number of carboxylic acid groups (broad SMARTS) is 1. The Morgan fingerprint density at radius 2 is 1.46 bits per heavy atom. The first-order chi connectivity index (χ1) is 18.0. The third-order valence-electron chi connectivity index (χ3n) is 6.04. The number of urea groups is 1. The van der Waals surface area contributed by atoms with E-state index in [0.29, 0.717) is 41.1 Å². The Kier molecular flexibility index (Phi) is 9.29. The van der Waals surface area contributed by atoms with Gasteiger partial charge in [0.25, 0.3) is 0 Å². The van der Waals surface area contributed by atoms with Crippen molar-refractivity contribution in [3.63, 3.8) is 0 Å². The summed E-state index contributed by atoms with van der Waals surface area (Å²) in [4.78, 5) is 30.6. The van der Waals surface area contributed by atoms with E-state index in [1.807, 2.05) is 66.7 Å². The molecule has 0 fully saturated rings. The van der Waals surface area contributed by atoms with Crippen molar-refractivity contribution in [2.24, 2.45) is 0 Å². The van der Waals surface area contributed by atoms with Gasteiger partial charge in [-0.05, 0) is 24.0 Å². The number of halogens is 1. The second-order valence-electron chi connectivity index (χ2n) is 8.58. The second-order valence-corrected chi connectivity index (χ2v) is 10.2. The molecule has 0 atom stereocenters. The van der Waals surface area contributed by atoms with Gasteiger partial charge in [-0.2, -0.15) is 0 Å². The summed E-state index contributed by atoms with van der Waals surface area (Å²) in [5, 5.41) is 12.4. The van der Waals surface area contributed by atoms with E-state index in [4.69, 9.17) is 16.7 Å². The van der Waals surface area contributed by atoms with E-state index in [1.165, 1.54) is 22.5 Å². The number of rotatable bonds is 11. The number of carboxylic acids is 1. The fraction of sp³-hybridized carbons (Fsp3) is 0.207. The Labute approximate surface area is 225 Å². The van der Waals surface area contributed by atoms with Crippen molar-refractivity contribution in [2.75, 3.05) is 18.4 Å². The molecule has 0 aliphatic carbocycles. The van der Waals surface area contributed by atoms with E-state index in [-0.39, 0.29) is 18.4 Å². The van der Waals surface area contributed by atoms with Crippen molar-refractivity contribution >= 4 is 40.1 Å². The fourth-order valence-electron chi connectivity index (χ4n) is 4.22. The Morgan fingerprint density at radius 3 is 2.03 bits per heavy atom. The highest BCUT2D eigenvalue weighted by Gasteiger charge is 2.21. The van der Waals surface area contributed by atoms with Gasteiger partial charge < -0.3 is 10.0 Å². The predicted molar refractivity (Wildman–Crippen MR) is 149 cm³/mol. The van der Waals surface area contributed by atoms with Crippen molar-refractivity contribution in [2.45, 2.75) is 25.2 Å². The molecule has 8 heteroatoms. The number of carbonyl (C=O) groups is 2. The molecule has 0 radical (unpaired) electrons. The first-order valence-corrected chi connectivity index (χ1v) is 13.3. The van der Waals surface area contributed by atoms with E-state index in [2.05, 4.69) is 34.6 Å². The molecule has 190 valence electrons. The summed E-state index contributed by atoms with van der Waals surface area (Å²) >= 11 is 7.63. The van der Waals surface area contributed by atoms with Crippen molar-refractivity contribution in [3.8, 4) is 11.3 Å². The molecule has 0 saturated heterocycles. The predicted octanol–water partition coefficient (Wildman–Crippen LogP) is 7.38. The normalized spacial score (nSPS) is 10.9. The van der Waals surface area contributed by atoms with Crippen molar-refractivity contribution in [1.29, 1.82) is 0 Å². The molecule has 6 nitrogen and oxygen atoms in total. The van der Waals surface area contributed by atoms with Crippen molar-refractivity contribution in [1.82, 2.24) is 9.88 Å². The molecule has 37 heavy (non-hydrogen) atoms. The summed E-state index contributed by atoms with van der Waals surface area (Å²) < 4.78 is 0.493. The maximum absolute atomic E-state index is 13.3. The molecular weight excluding hydrogens is 506 g/mol. The van der Waals surface area contributed by atoms with Crippen LogP contribution in [0.1, 0.15) is 36.3 Å².